The topological polar surface area (TPSA) is 93.5 Å². The van der Waals surface area contributed by atoms with Gasteiger partial charge in [-0.05, 0) is 73.8 Å². The highest BCUT2D eigenvalue weighted by Gasteiger charge is 2.73. The van der Waals surface area contributed by atoms with E-state index in [1.54, 1.807) is 6.07 Å². The Balaban J connectivity index is 1.32. The lowest BCUT2D eigenvalue weighted by Crippen LogP contribution is -2.76. The number of aromatic hydroxyl groups is 1. The number of phenols is 1. The Morgan fingerprint density at radius 2 is 1.90 bits per heavy atom. The van der Waals surface area contributed by atoms with E-state index in [-0.39, 0.29) is 30.2 Å². The number of amides is 1. The first kappa shape index (κ1) is 24.0. The summed E-state index contributed by atoms with van der Waals surface area (Å²) in [5.41, 5.74) is 3.32. The van der Waals surface area contributed by atoms with Crippen molar-refractivity contribution in [2.45, 2.75) is 74.7 Å². The van der Waals surface area contributed by atoms with E-state index in [2.05, 4.69) is 4.90 Å². The van der Waals surface area contributed by atoms with Crippen molar-refractivity contribution in [3.8, 4) is 11.5 Å². The Morgan fingerprint density at radius 1 is 1.08 bits per heavy atom. The van der Waals surface area contributed by atoms with Crippen LogP contribution in [-0.2, 0) is 23.2 Å². The summed E-state index contributed by atoms with van der Waals surface area (Å²) in [6.45, 7) is 2.26. The van der Waals surface area contributed by atoms with Gasteiger partial charge in [-0.15, -0.1) is 0 Å². The van der Waals surface area contributed by atoms with Crippen LogP contribution < -0.4 is 4.74 Å². The summed E-state index contributed by atoms with van der Waals surface area (Å²) >= 11 is 0. The van der Waals surface area contributed by atoms with Crippen molar-refractivity contribution in [1.82, 2.24) is 9.80 Å². The SMILES string of the molecule is O=C1[C@H](CCO)CC2=C([C@@H]3Oc4c(O)ccc5c4[C@@]34CCN(CC3CC3)[C@H](C5)[C@]4(O)C2)N1Cc1ccccc1. The van der Waals surface area contributed by atoms with Crippen LogP contribution in [0.3, 0.4) is 0 Å². The molecule has 3 aliphatic carbocycles. The zero-order valence-electron chi connectivity index (χ0n) is 22.2. The Hall–Kier alpha value is -2.87. The third-order valence-corrected chi connectivity index (χ3v) is 10.7. The van der Waals surface area contributed by atoms with Crippen LogP contribution in [0.1, 0.15) is 55.2 Å². The second kappa shape index (κ2) is 8.32. The number of fused-ring (bicyclic) bond motifs is 1. The van der Waals surface area contributed by atoms with Crippen LogP contribution >= 0.6 is 0 Å². The van der Waals surface area contributed by atoms with Gasteiger partial charge in [0.05, 0.1) is 23.3 Å². The third-order valence-electron chi connectivity index (χ3n) is 10.7. The Labute approximate surface area is 228 Å². The predicted molar refractivity (Wildman–Crippen MR) is 144 cm³/mol. The number of aliphatic hydroxyl groups is 2. The van der Waals surface area contributed by atoms with Gasteiger partial charge in [-0.3, -0.25) is 9.69 Å². The first-order valence-electron chi connectivity index (χ1n) is 14.6. The molecule has 7 nitrogen and oxygen atoms in total. The van der Waals surface area contributed by atoms with Gasteiger partial charge in [-0.1, -0.05) is 36.4 Å². The second-order valence-electron chi connectivity index (χ2n) is 12.7. The fourth-order valence-electron chi connectivity index (χ4n) is 8.80. The van der Waals surface area contributed by atoms with Gasteiger partial charge in [-0.2, -0.15) is 0 Å². The van der Waals surface area contributed by atoms with Gasteiger partial charge < -0.3 is 25.0 Å². The Morgan fingerprint density at radius 3 is 2.67 bits per heavy atom. The van der Waals surface area contributed by atoms with Crippen molar-refractivity contribution in [2.75, 3.05) is 19.7 Å². The quantitative estimate of drug-likeness (QED) is 0.533. The van der Waals surface area contributed by atoms with E-state index in [0.29, 0.717) is 31.6 Å². The van der Waals surface area contributed by atoms with Crippen molar-refractivity contribution < 1.29 is 24.9 Å². The van der Waals surface area contributed by atoms with Gasteiger partial charge in [-0.25, -0.2) is 0 Å². The molecule has 3 N–H and O–H groups in total. The number of hydrogen-bond acceptors (Lipinski definition) is 6. The highest BCUT2D eigenvalue weighted by Crippen LogP contribution is 2.67. The van der Waals surface area contributed by atoms with Crippen molar-refractivity contribution in [2.24, 2.45) is 11.8 Å². The summed E-state index contributed by atoms with van der Waals surface area (Å²) in [6.07, 6.45) is 4.87. The molecule has 1 saturated heterocycles. The summed E-state index contributed by atoms with van der Waals surface area (Å²) in [5, 5.41) is 33.8. The molecular formula is C32H36N2O5. The first-order valence-corrected chi connectivity index (χ1v) is 14.6. The van der Waals surface area contributed by atoms with Gasteiger partial charge in [0.15, 0.2) is 17.6 Å². The minimum atomic E-state index is -1.06. The Bertz CT molecular complexity index is 1390. The predicted octanol–water partition coefficient (Wildman–Crippen LogP) is 3.25. The molecule has 2 aromatic carbocycles. The number of piperidine rings is 1. The molecule has 1 spiro atoms. The molecule has 2 bridgehead atoms. The van der Waals surface area contributed by atoms with E-state index in [4.69, 9.17) is 4.74 Å². The molecule has 1 saturated carbocycles. The van der Waals surface area contributed by atoms with Crippen molar-refractivity contribution in [1.29, 1.82) is 0 Å². The van der Waals surface area contributed by atoms with Crippen LogP contribution in [0.25, 0.3) is 0 Å². The van der Waals surface area contributed by atoms with E-state index in [9.17, 15) is 20.1 Å². The Kier molecular flexibility index (Phi) is 5.11. The minimum absolute atomic E-state index is 0.0102. The van der Waals surface area contributed by atoms with Gasteiger partial charge in [0.25, 0.3) is 0 Å². The molecule has 39 heavy (non-hydrogen) atoms. The van der Waals surface area contributed by atoms with Crippen LogP contribution in [0.2, 0.25) is 0 Å². The fraction of sp³-hybridized carbons (Fsp3) is 0.531. The summed E-state index contributed by atoms with van der Waals surface area (Å²) in [5.74, 6) is 1.00. The van der Waals surface area contributed by atoms with E-state index in [1.807, 2.05) is 41.3 Å². The average molecular weight is 529 g/mol. The number of likely N-dealkylation sites (tertiary alicyclic amines) is 1. The monoisotopic (exact) mass is 528 g/mol. The number of hydrogen-bond donors (Lipinski definition) is 3. The lowest BCUT2D eigenvalue weighted by atomic mass is 9.48. The molecule has 5 atom stereocenters. The fourth-order valence-corrected chi connectivity index (χ4v) is 8.80. The summed E-state index contributed by atoms with van der Waals surface area (Å²) < 4.78 is 6.75. The number of aliphatic hydroxyl groups excluding tert-OH is 1. The number of ether oxygens (including phenoxy) is 1. The van der Waals surface area contributed by atoms with Crippen LogP contribution in [0.4, 0.5) is 0 Å². The van der Waals surface area contributed by atoms with Gasteiger partial charge in [0.1, 0.15) is 0 Å². The number of rotatable bonds is 6. The molecule has 0 aromatic heterocycles. The van der Waals surface area contributed by atoms with E-state index in [0.717, 1.165) is 59.8 Å². The molecule has 8 rings (SSSR count). The zero-order valence-corrected chi connectivity index (χ0v) is 22.2. The average Bonchev–Trinajstić information content (AvgIpc) is 3.67. The maximum atomic E-state index is 14.0. The standard InChI is InChI=1S/C32H36N2O5/c35-13-10-22-14-23-16-32(38)25-15-21-8-9-24(36)28-26(21)31(32,11-12-33(25)17-20-6-7-20)29(39-28)27(23)34(30(22)37)18-19-4-2-1-3-5-19/h1-5,8-9,20,22,25,29,35-36,38H,6-7,10-18H2/t22-,25-,29+,31+,32-/m1/s1. The van der Waals surface area contributed by atoms with Crippen LogP contribution in [0.15, 0.2) is 53.7 Å². The van der Waals surface area contributed by atoms with Crippen LogP contribution in [0.5, 0.6) is 11.5 Å². The molecule has 1 amide bonds. The molecule has 6 aliphatic rings. The maximum Gasteiger partial charge on any atom is 0.230 e. The van der Waals surface area contributed by atoms with E-state index < -0.39 is 17.1 Å². The third kappa shape index (κ3) is 3.18. The van der Waals surface area contributed by atoms with Gasteiger partial charge in [0.2, 0.25) is 5.91 Å². The van der Waals surface area contributed by atoms with Crippen molar-refractivity contribution >= 4 is 5.91 Å². The molecular weight excluding hydrogens is 492 g/mol. The number of carbonyl (C=O) groups is 1. The normalized spacial score (nSPS) is 34.6. The smallest absolute Gasteiger partial charge is 0.230 e. The first-order chi connectivity index (χ1) is 18.9. The highest BCUT2D eigenvalue weighted by molar-refractivity contribution is 5.83. The number of nitrogens with zero attached hydrogens (tertiary/aromatic N) is 2. The van der Waals surface area contributed by atoms with Crippen LogP contribution in [-0.4, -0.2) is 68.5 Å². The second-order valence-corrected chi connectivity index (χ2v) is 12.7. The largest absolute Gasteiger partial charge is 0.504 e. The summed E-state index contributed by atoms with van der Waals surface area (Å²) in [4.78, 5) is 18.4. The number of benzene rings is 2. The molecule has 7 heteroatoms. The van der Waals surface area contributed by atoms with E-state index >= 15 is 0 Å². The van der Waals surface area contributed by atoms with Crippen LogP contribution in [0, 0.1) is 11.8 Å². The van der Waals surface area contributed by atoms with Gasteiger partial charge in [0, 0.05) is 37.1 Å². The summed E-state index contributed by atoms with van der Waals surface area (Å²) in [7, 11) is 0. The molecule has 2 aromatic rings. The molecule has 0 unspecified atom stereocenters. The van der Waals surface area contributed by atoms with E-state index in [1.165, 1.54) is 12.8 Å². The van der Waals surface area contributed by atoms with Crippen molar-refractivity contribution in [3.63, 3.8) is 0 Å². The number of phenolic OH excluding ortho intramolecular Hbond substituents is 1. The lowest BCUT2D eigenvalue weighted by Gasteiger charge is -2.64. The minimum Gasteiger partial charge on any atom is -0.504 e. The molecule has 0 radical (unpaired) electrons. The lowest BCUT2D eigenvalue weighted by molar-refractivity contribution is -0.174. The highest BCUT2D eigenvalue weighted by atomic mass is 16.5. The zero-order chi connectivity index (χ0) is 26.5. The summed E-state index contributed by atoms with van der Waals surface area (Å²) in [6, 6.07) is 13.7. The number of carbonyl (C=O) groups excluding carboxylic acids is 1. The molecule has 3 heterocycles. The molecule has 3 aliphatic heterocycles. The van der Waals surface area contributed by atoms with Gasteiger partial charge >= 0.3 is 0 Å². The molecule has 2 fully saturated rings. The van der Waals surface area contributed by atoms with Crippen molar-refractivity contribution in [3.05, 3.63) is 70.4 Å². The maximum absolute atomic E-state index is 14.0. The molecule has 204 valence electrons.